The SMILES string of the molecule is O=C(CCl)Nc1c(CC(=O)C(=O)Nc2nccs2)cccc1C(F)(F)F. The van der Waals surface area contributed by atoms with Gasteiger partial charge in [0.25, 0.3) is 5.91 Å². The molecule has 6 nitrogen and oxygen atoms in total. The molecule has 1 aromatic carbocycles. The van der Waals surface area contributed by atoms with Gasteiger partial charge in [0.1, 0.15) is 5.88 Å². The van der Waals surface area contributed by atoms with Crippen LogP contribution in [0.1, 0.15) is 11.1 Å². The van der Waals surface area contributed by atoms with E-state index in [0.29, 0.717) is 0 Å². The maximum atomic E-state index is 13.2. The molecular formula is C15H11ClF3N3O3S. The monoisotopic (exact) mass is 405 g/mol. The van der Waals surface area contributed by atoms with Gasteiger partial charge in [-0.25, -0.2) is 4.98 Å². The van der Waals surface area contributed by atoms with Gasteiger partial charge in [-0.2, -0.15) is 13.2 Å². The number of rotatable bonds is 6. The number of nitrogens with one attached hydrogen (secondary N) is 2. The van der Waals surface area contributed by atoms with E-state index in [1.165, 1.54) is 12.3 Å². The normalized spacial score (nSPS) is 11.1. The third kappa shape index (κ3) is 5.02. The summed E-state index contributed by atoms with van der Waals surface area (Å²) in [5.41, 5.74) is -1.89. The first-order valence-corrected chi connectivity index (χ1v) is 8.42. The van der Waals surface area contributed by atoms with Crippen LogP contribution in [-0.2, 0) is 27.0 Å². The van der Waals surface area contributed by atoms with Crippen LogP contribution in [0.15, 0.2) is 29.8 Å². The third-order valence-corrected chi connectivity index (χ3v) is 4.03. The zero-order valence-electron chi connectivity index (χ0n) is 12.9. The maximum Gasteiger partial charge on any atom is 0.418 e. The zero-order chi connectivity index (χ0) is 19.3. The number of benzene rings is 1. The van der Waals surface area contributed by atoms with E-state index in [0.717, 1.165) is 23.5 Å². The second-order valence-corrected chi connectivity index (χ2v) is 6.07. The summed E-state index contributed by atoms with van der Waals surface area (Å²) in [4.78, 5) is 39.1. The average molecular weight is 406 g/mol. The Labute approximate surface area is 154 Å². The lowest BCUT2D eigenvalue weighted by atomic mass is 10.0. The standard InChI is InChI=1S/C15H11ClF3N3O3S/c16-7-11(24)21-12-8(2-1-3-9(12)15(17,18)19)6-10(23)13(25)22-14-20-4-5-26-14/h1-5H,6-7H2,(H,21,24)(H,20,22,25). The van der Waals surface area contributed by atoms with Crippen molar-refractivity contribution in [1.29, 1.82) is 0 Å². The molecule has 2 rings (SSSR count). The Morgan fingerprint density at radius 2 is 1.92 bits per heavy atom. The van der Waals surface area contributed by atoms with Crippen molar-refractivity contribution in [2.24, 2.45) is 0 Å². The fraction of sp³-hybridized carbons (Fsp3) is 0.200. The molecule has 0 bridgehead atoms. The Kier molecular flexibility index (Phi) is 6.32. The summed E-state index contributed by atoms with van der Waals surface area (Å²) in [6.45, 7) is 0. The lowest BCUT2D eigenvalue weighted by Gasteiger charge is -2.17. The van der Waals surface area contributed by atoms with Gasteiger partial charge in [0.15, 0.2) is 5.13 Å². The van der Waals surface area contributed by atoms with Gasteiger partial charge in [-0.15, -0.1) is 22.9 Å². The number of halogens is 4. The highest BCUT2D eigenvalue weighted by Crippen LogP contribution is 2.37. The van der Waals surface area contributed by atoms with Crippen LogP contribution in [0.25, 0.3) is 0 Å². The van der Waals surface area contributed by atoms with Crippen molar-refractivity contribution >= 4 is 51.4 Å². The van der Waals surface area contributed by atoms with Gasteiger partial charge in [0, 0.05) is 18.0 Å². The van der Waals surface area contributed by atoms with Crippen molar-refractivity contribution in [2.75, 3.05) is 16.5 Å². The van der Waals surface area contributed by atoms with E-state index in [1.54, 1.807) is 5.38 Å². The maximum absolute atomic E-state index is 13.2. The number of carbonyl (C=O) groups excluding carboxylic acids is 3. The van der Waals surface area contributed by atoms with E-state index in [1.807, 2.05) is 5.32 Å². The third-order valence-electron chi connectivity index (χ3n) is 3.10. The lowest BCUT2D eigenvalue weighted by Crippen LogP contribution is -2.26. The molecule has 0 unspecified atom stereocenters. The molecule has 0 aliphatic heterocycles. The molecule has 0 spiro atoms. The van der Waals surface area contributed by atoms with Crippen molar-refractivity contribution in [1.82, 2.24) is 4.98 Å². The summed E-state index contributed by atoms with van der Waals surface area (Å²) >= 11 is 6.41. The quantitative estimate of drug-likeness (QED) is 0.571. The number of Topliss-reactive ketones (excluding diaryl/α,β-unsaturated/α-hetero) is 1. The van der Waals surface area contributed by atoms with E-state index in [-0.39, 0.29) is 10.7 Å². The number of nitrogens with zero attached hydrogens (tertiary/aromatic N) is 1. The molecule has 0 radical (unpaired) electrons. The molecule has 0 fully saturated rings. The number of thiazole rings is 1. The van der Waals surface area contributed by atoms with Gasteiger partial charge < -0.3 is 5.32 Å². The number of para-hydroxylation sites is 1. The van der Waals surface area contributed by atoms with Crippen LogP contribution in [0.3, 0.4) is 0 Å². The van der Waals surface area contributed by atoms with Crippen molar-refractivity contribution in [3.63, 3.8) is 0 Å². The lowest BCUT2D eigenvalue weighted by molar-refractivity contribution is -0.137. The number of alkyl halides is 4. The van der Waals surface area contributed by atoms with E-state index in [4.69, 9.17) is 11.6 Å². The molecule has 1 aromatic heterocycles. The molecule has 0 saturated carbocycles. The minimum absolute atomic E-state index is 0.155. The molecular weight excluding hydrogens is 395 g/mol. The van der Waals surface area contributed by atoms with Crippen molar-refractivity contribution in [3.05, 3.63) is 40.9 Å². The number of hydrogen-bond donors (Lipinski definition) is 2. The van der Waals surface area contributed by atoms with Crippen molar-refractivity contribution < 1.29 is 27.6 Å². The molecule has 1 heterocycles. The summed E-state index contributed by atoms with van der Waals surface area (Å²) in [5, 5.41) is 6.05. The number of ketones is 1. The van der Waals surface area contributed by atoms with E-state index < -0.39 is 47.3 Å². The predicted molar refractivity (Wildman–Crippen MR) is 90.2 cm³/mol. The van der Waals surface area contributed by atoms with Crippen LogP contribution in [0.4, 0.5) is 24.0 Å². The van der Waals surface area contributed by atoms with Crippen LogP contribution >= 0.6 is 22.9 Å². The highest BCUT2D eigenvalue weighted by Gasteiger charge is 2.35. The van der Waals surface area contributed by atoms with Crippen LogP contribution in [0, 0.1) is 0 Å². The molecule has 2 amide bonds. The fourth-order valence-electron chi connectivity index (χ4n) is 2.01. The predicted octanol–water partition coefficient (Wildman–Crippen LogP) is 3.09. The van der Waals surface area contributed by atoms with Gasteiger partial charge in [-0.3, -0.25) is 19.7 Å². The summed E-state index contributed by atoms with van der Waals surface area (Å²) in [5.74, 6) is -3.44. The molecule has 2 aromatic rings. The summed E-state index contributed by atoms with van der Waals surface area (Å²) < 4.78 is 39.5. The Hall–Kier alpha value is -2.46. The molecule has 11 heteroatoms. The van der Waals surface area contributed by atoms with Crippen LogP contribution < -0.4 is 10.6 Å². The number of anilines is 2. The second kappa shape index (κ2) is 8.28. The minimum Gasteiger partial charge on any atom is -0.324 e. The van der Waals surface area contributed by atoms with Crippen LogP contribution in [0.2, 0.25) is 0 Å². The average Bonchev–Trinajstić information content (AvgIpc) is 3.08. The fourth-order valence-corrected chi connectivity index (χ4v) is 2.60. The summed E-state index contributed by atoms with van der Waals surface area (Å²) in [7, 11) is 0. The van der Waals surface area contributed by atoms with E-state index in [2.05, 4.69) is 10.3 Å². The zero-order valence-corrected chi connectivity index (χ0v) is 14.5. The van der Waals surface area contributed by atoms with E-state index >= 15 is 0 Å². The number of aromatic nitrogens is 1. The summed E-state index contributed by atoms with van der Waals surface area (Å²) in [6, 6.07) is 3.06. The Bertz CT molecular complexity index is 825. The molecule has 26 heavy (non-hydrogen) atoms. The molecule has 0 aliphatic carbocycles. The Morgan fingerprint density at radius 3 is 2.50 bits per heavy atom. The molecule has 0 saturated heterocycles. The molecule has 2 N–H and O–H groups in total. The Balaban J connectivity index is 2.28. The van der Waals surface area contributed by atoms with Gasteiger partial charge in [0.2, 0.25) is 11.7 Å². The molecule has 138 valence electrons. The smallest absolute Gasteiger partial charge is 0.324 e. The first-order chi connectivity index (χ1) is 12.2. The highest BCUT2D eigenvalue weighted by molar-refractivity contribution is 7.13. The largest absolute Gasteiger partial charge is 0.418 e. The van der Waals surface area contributed by atoms with Gasteiger partial charge >= 0.3 is 6.18 Å². The van der Waals surface area contributed by atoms with E-state index in [9.17, 15) is 27.6 Å². The summed E-state index contributed by atoms with van der Waals surface area (Å²) in [6.07, 6.45) is -3.99. The van der Waals surface area contributed by atoms with Gasteiger partial charge in [-0.05, 0) is 11.6 Å². The molecule has 0 aliphatic rings. The Morgan fingerprint density at radius 1 is 1.19 bits per heavy atom. The highest BCUT2D eigenvalue weighted by atomic mass is 35.5. The minimum atomic E-state index is -4.77. The first kappa shape index (κ1) is 19.9. The topological polar surface area (TPSA) is 88.2 Å². The van der Waals surface area contributed by atoms with Crippen molar-refractivity contribution in [2.45, 2.75) is 12.6 Å². The number of hydrogen-bond acceptors (Lipinski definition) is 5. The van der Waals surface area contributed by atoms with Crippen LogP contribution in [-0.4, -0.2) is 28.5 Å². The van der Waals surface area contributed by atoms with Gasteiger partial charge in [-0.1, -0.05) is 12.1 Å². The number of amides is 2. The first-order valence-electron chi connectivity index (χ1n) is 7.01. The van der Waals surface area contributed by atoms with Gasteiger partial charge in [0.05, 0.1) is 11.3 Å². The molecule has 0 atom stereocenters. The second-order valence-electron chi connectivity index (χ2n) is 4.91. The van der Waals surface area contributed by atoms with Crippen molar-refractivity contribution in [3.8, 4) is 0 Å². The number of carbonyl (C=O) groups is 3. The van der Waals surface area contributed by atoms with Crippen LogP contribution in [0.5, 0.6) is 0 Å².